The van der Waals surface area contributed by atoms with Crippen molar-refractivity contribution in [1.82, 2.24) is 15.0 Å². The summed E-state index contributed by atoms with van der Waals surface area (Å²) in [6.07, 6.45) is 9.05. The summed E-state index contributed by atoms with van der Waals surface area (Å²) in [7, 11) is 0. The molecule has 158 valence electrons. The van der Waals surface area contributed by atoms with E-state index in [1.165, 1.54) is 49.0 Å². The number of rotatable bonds is 3. The second-order valence-electron chi connectivity index (χ2n) is 8.59. The quantitative estimate of drug-likeness (QED) is 0.267. The molecule has 5 aromatic carbocycles. The molecule has 0 radical (unpaired) electrons. The van der Waals surface area contributed by atoms with Gasteiger partial charge in [-0.15, -0.1) is 0 Å². The van der Waals surface area contributed by atoms with Gasteiger partial charge in [0.1, 0.15) is 6.33 Å². The maximum Gasteiger partial charge on any atom is 0.115 e. The van der Waals surface area contributed by atoms with Crippen LogP contribution in [0.4, 0.5) is 0 Å². The molecule has 34 heavy (non-hydrogen) atoms. The normalized spacial score (nSPS) is 11.5. The predicted molar refractivity (Wildman–Crippen MR) is 140 cm³/mol. The molecular formula is C31H19N3. The molecular weight excluding hydrogens is 414 g/mol. The van der Waals surface area contributed by atoms with E-state index in [1.807, 2.05) is 24.7 Å². The molecule has 0 amide bonds. The number of hydrogen-bond acceptors (Lipinski definition) is 3. The summed E-state index contributed by atoms with van der Waals surface area (Å²) in [5.41, 5.74) is 6.95. The highest BCUT2D eigenvalue weighted by Crippen LogP contribution is 2.42. The lowest BCUT2D eigenvalue weighted by atomic mass is 9.87. The zero-order valence-electron chi connectivity index (χ0n) is 18.3. The second kappa shape index (κ2) is 7.46. The maximum atomic E-state index is 4.25. The average molecular weight is 434 g/mol. The van der Waals surface area contributed by atoms with Gasteiger partial charge in [-0.25, -0.2) is 9.97 Å². The Morgan fingerprint density at radius 2 is 0.971 bits per heavy atom. The minimum absolute atomic E-state index is 1.03. The summed E-state index contributed by atoms with van der Waals surface area (Å²) in [6, 6.07) is 30.7. The Labute approximate surface area is 196 Å². The summed E-state index contributed by atoms with van der Waals surface area (Å²) in [5.74, 6) is 0. The predicted octanol–water partition coefficient (Wildman–Crippen LogP) is 7.77. The maximum absolute atomic E-state index is 4.25. The van der Waals surface area contributed by atoms with Crippen molar-refractivity contribution in [2.45, 2.75) is 0 Å². The summed E-state index contributed by atoms with van der Waals surface area (Å²) < 4.78 is 0. The van der Waals surface area contributed by atoms with Crippen molar-refractivity contribution in [3.63, 3.8) is 0 Å². The van der Waals surface area contributed by atoms with Gasteiger partial charge in [-0.05, 0) is 66.2 Å². The Morgan fingerprint density at radius 3 is 1.59 bits per heavy atom. The van der Waals surface area contributed by atoms with Crippen LogP contribution in [0.5, 0.6) is 0 Å². The Morgan fingerprint density at radius 1 is 0.412 bits per heavy atom. The molecule has 0 bridgehead atoms. The molecule has 0 atom stereocenters. The molecule has 3 nitrogen and oxygen atoms in total. The zero-order chi connectivity index (χ0) is 22.5. The smallest absolute Gasteiger partial charge is 0.115 e. The summed E-state index contributed by atoms with van der Waals surface area (Å²) in [4.78, 5) is 12.7. The summed E-state index contributed by atoms with van der Waals surface area (Å²) >= 11 is 0. The molecule has 0 saturated carbocycles. The van der Waals surface area contributed by atoms with Crippen LogP contribution in [0.3, 0.4) is 0 Å². The Balaban J connectivity index is 1.46. The lowest BCUT2D eigenvalue weighted by molar-refractivity contribution is 1.17. The van der Waals surface area contributed by atoms with Gasteiger partial charge in [-0.1, -0.05) is 78.9 Å². The molecule has 7 rings (SSSR count). The fourth-order valence-electron chi connectivity index (χ4n) is 5.12. The molecule has 0 N–H and O–H groups in total. The van der Waals surface area contributed by atoms with Crippen LogP contribution in [0.1, 0.15) is 0 Å². The Hall–Kier alpha value is -4.63. The van der Waals surface area contributed by atoms with Crippen LogP contribution in [-0.2, 0) is 0 Å². The van der Waals surface area contributed by atoms with E-state index in [0.29, 0.717) is 0 Å². The molecule has 7 aromatic rings. The first-order valence-electron chi connectivity index (χ1n) is 11.3. The van der Waals surface area contributed by atoms with Crippen molar-refractivity contribution in [3.05, 3.63) is 116 Å². The highest BCUT2D eigenvalue weighted by molar-refractivity contribution is 6.27. The van der Waals surface area contributed by atoms with Gasteiger partial charge in [-0.3, -0.25) is 4.98 Å². The van der Waals surface area contributed by atoms with Gasteiger partial charge in [0.05, 0.1) is 0 Å². The van der Waals surface area contributed by atoms with Crippen molar-refractivity contribution in [3.8, 4) is 33.4 Å². The monoisotopic (exact) mass is 433 g/mol. The van der Waals surface area contributed by atoms with Crippen LogP contribution in [0, 0.1) is 0 Å². The third kappa shape index (κ3) is 2.87. The van der Waals surface area contributed by atoms with Crippen LogP contribution in [0.25, 0.3) is 65.7 Å². The summed E-state index contributed by atoms with van der Waals surface area (Å²) in [6.45, 7) is 0. The van der Waals surface area contributed by atoms with Crippen molar-refractivity contribution in [1.29, 1.82) is 0 Å². The van der Waals surface area contributed by atoms with Crippen molar-refractivity contribution >= 4 is 32.3 Å². The Bertz CT molecular complexity index is 1770. The molecule has 3 heteroatoms. The third-order valence-electron chi connectivity index (χ3n) is 6.73. The molecule has 0 unspecified atom stereocenters. The molecule has 0 saturated heterocycles. The lowest BCUT2D eigenvalue weighted by Crippen LogP contribution is -1.90. The fraction of sp³-hybridized carbons (Fsp3) is 0. The van der Waals surface area contributed by atoms with E-state index in [2.05, 4.69) is 93.8 Å². The largest absolute Gasteiger partial charge is 0.264 e. The summed E-state index contributed by atoms with van der Waals surface area (Å²) in [5, 5.41) is 7.61. The van der Waals surface area contributed by atoms with Crippen LogP contribution < -0.4 is 0 Å². The topological polar surface area (TPSA) is 38.7 Å². The van der Waals surface area contributed by atoms with Crippen molar-refractivity contribution < 1.29 is 0 Å². The number of benzene rings is 5. The van der Waals surface area contributed by atoms with E-state index in [4.69, 9.17) is 0 Å². The average Bonchev–Trinajstić information content (AvgIpc) is 2.92. The van der Waals surface area contributed by atoms with Crippen molar-refractivity contribution in [2.75, 3.05) is 0 Å². The number of pyridine rings is 1. The molecule has 2 aromatic heterocycles. The molecule has 2 heterocycles. The van der Waals surface area contributed by atoms with Crippen LogP contribution in [0.15, 0.2) is 116 Å². The van der Waals surface area contributed by atoms with Crippen LogP contribution in [-0.4, -0.2) is 15.0 Å². The van der Waals surface area contributed by atoms with Crippen LogP contribution >= 0.6 is 0 Å². The number of nitrogens with zero attached hydrogens (tertiary/aromatic N) is 3. The first kappa shape index (κ1) is 18.9. The van der Waals surface area contributed by atoms with E-state index < -0.39 is 0 Å². The molecule has 0 aliphatic rings. The number of hydrogen-bond donors (Lipinski definition) is 0. The van der Waals surface area contributed by atoms with E-state index in [-0.39, 0.29) is 0 Å². The minimum Gasteiger partial charge on any atom is -0.264 e. The fourth-order valence-corrected chi connectivity index (χ4v) is 5.12. The van der Waals surface area contributed by atoms with Gasteiger partial charge < -0.3 is 0 Å². The third-order valence-corrected chi connectivity index (χ3v) is 6.73. The first-order valence-corrected chi connectivity index (χ1v) is 11.3. The van der Waals surface area contributed by atoms with Gasteiger partial charge in [0.2, 0.25) is 0 Å². The van der Waals surface area contributed by atoms with Gasteiger partial charge in [-0.2, -0.15) is 0 Å². The van der Waals surface area contributed by atoms with Gasteiger partial charge >= 0.3 is 0 Å². The second-order valence-corrected chi connectivity index (χ2v) is 8.59. The lowest BCUT2D eigenvalue weighted by Gasteiger charge is -2.16. The van der Waals surface area contributed by atoms with Gasteiger partial charge in [0.15, 0.2) is 0 Å². The number of aromatic nitrogens is 3. The highest BCUT2D eigenvalue weighted by atomic mass is 14.8. The molecule has 0 aliphatic heterocycles. The first-order chi connectivity index (χ1) is 16.9. The van der Waals surface area contributed by atoms with E-state index >= 15 is 0 Å². The molecule has 0 fully saturated rings. The SMILES string of the molecule is c1cncc(-c2ccc(-c3ccc4ccc5ccc(-c6cncnc6)c6ccc3c4c56)cc2)c1. The van der Waals surface area contributed by atoms with Crippen molar-refractivity contribution in [2.24, 2.45) is 0 Å². The highest BCUT2D eigenvalue weighted by Gasteiger charge is 2.15. The minimum atomic E-state index is 1.03. The zero-order valence-corrected chi connectivity index (χ0v) is 18.3. The Kier molecular flexibility index (Phi) is 4.15. The molecule has 0 spiro atoms. The van der Waals surface area contributed by atoms with Gasteiger partial charge in [0.25, 0.3) is 0 Å². The standard InChI is InChI=1S/C31H19N3/c1-2-24(16-32-15-1)20-3-5-21(6-4-20)26-11-9-22-7-8-23-10-12-27(25-17-33-19-34-18-25)29-14-13-28(26)30(22)31(23)29/h1-19H. The van der Waals surface area contributed by atoms with E-state index in [0.717, 1.165) is 16.7 Å². The molecule has 0 aliphatic carbocycles. The van der Waals surface area contributed by atoms with E-state index in [1.54, 1.807) is 12.5 Å². The van der Waals surface area contributed by atoms with Crippen LogP contribution in [0.2, 0.25) is 0 Å². The van der Waals surface area contributed by atoms with Gasteiger partial charge in [0, 0.05) is 30.4 Å². The van der Waals surface area contributed by atoms with E-state index in [9.17, 15) is 0 Å².